The van der Waals surface area contributed by atoms with Crippen molar-refractivity contribution < 1.29 is 19.3 Å². The molecule has 1 atom stereocenters. The number of hydrogen-bond donors (Lipinski definition) is 3. The van der Waals surface area contributed by atoms with Crippen molar-refractivity contribution in [2.24, 2.45) is 0 Å². The SMILES string of the molecule is Cc1cccc(CNC(c2ccc([N+](=O)[O-])cc2)P(=O)(O)O)c1. The van der Waals surface area contributed by atoms with Crippen LogP contribution in [0, 0.1) is 17.0 Å². The first kappa shape index (κ1) is 17.3. The lowest BCUT2D eigenvalue weighted by atomic mass is 10.1. The monoisotopic (exact) mass is 336 g/mol. The van der Waals surface area contributed by atoms with E-state index in [0.29, 0.717) is 5.56 Å². The maximum Gasteiger partial charge on any atom is 0.346 e. The number of aryl methyl sites for hydroxylation is 1. The molecule has 0 fully saturated rings. The minimum atomic E-state index is -4.47. The van der Waals surface area contributed by atoms with E-state index in [1.165, 1.54) is 24.3 Å². The van der Waals surface area contributed by atoms with Crippen molar-refractivity contribution in [1.82, 2.24) is 5.32 Å². The van der Waals surface area contributed by atoms with Gasteiger partial charge in [-0.25, -0.2) is 0 Å². The average Bonchev–Trinajstić information content (AvgIpc) is 2.46. The van der Waals surface area contributed by atoms with Crippen LogP contribution >= 0.6 is 7.60 Å². The fourth-order valence-electron chi connectivity index (χ4n) is 2.25. The molecular weight excluding hydrogens is 319 g/mol. The zero-order valence-corrected chi connectivity index (χ0v) is 13.3. The molecule has 3 N–H and O–H groups in total. The van der Waals surface area contributed by atoms with Gasteiger partial charge < -0.3 is 9.79 Å². The quantitative estimate of drug-likeness (QED) is 0.425. The first-order valence-electron chi connectivity index (χ1n) is 6.86. The molecule has 0 aromatic heterocycles. The van der Waals surface area contributed by atoms with E-state index < -0.39 is 18.3 Å². The lowest BCUT2D eigenvalue weighted by molar-refractivity contribution is -0.384. The lowest BCUT2D eigenvalue weighted by Gasteiger charge is -2.20. The second-order valence-electron chi connectivity index (χ2n) is 5.21. The summed E-state index contributed by atoms with van der Waals surface area (Å²) in [6.07, 6.45) is 0. The van der Waals surface area contributed by atoms with Crippen LogP contribution in [-0.4, -0.2) is 14.7 Å². The second-order valence-corrected chi connectivity index (χ2v) is 6.90. The molecule has 0 bridgehead atoms. The summed E-state index contributed by atoms with van der Waals surface area (Å²) >= 11 is 0. The molecule has 0 amide bonds. The Bertz CT molecular complexity index is 742. The number of benzene rings is 2. The Hall–Kier alpha value is -2.05. The van der Waals surface area contributed by atoms with Crippen LogP contribution in [-0.2, 0) is 11.1 Å². The number of nitrogens with one attached hydrogen (secondary N) is 1. The Kier molecular flexibility index (Phi) is 5.28. The van der Waals surface area contributed by atoms with Crippen molar-refractivity contribution in [2.75, 3.05) is 0 Å². The Morgan fingerprint density at radius 2 is 1.87 bits per heavy atom. The first-order valence-corrected chi connectivity index (χ1v) is 8.54. The normalized spacial score (nSPS) is 12.8. The summed E-state index contributed by atoms with van der Waals surface area (Å²) in [6.45, 7) is 2.20. The molecule has 0 aliphatic carbocycles. The number of hydrogen-bond acceptors (Lipinski definition) is 4. The van der Waals surface area contributed by atoms with Crippen LogP contribution in [0.1, 0.15) is 22.5 Å². The van der Waals surface area contributed by atoms with E-state index in [4.69, 9.17) is 0 Å². The van der Waals surface area contributed by atoms with Gasteiger partial charge in [-0.05, 0) is 30.2 Å². The topological polar surface area (TPSA) is 113 Å². The van der Waals surface area contributed by atoms with Crippen molar-refractivity contribution in [3.05, 3.63) is 75.3 Å². The highest BCUT2D eigenvalue weighted by atomic mass is 31.2. The molecule has 7 nitrogen and oxygen atoms in total. The van der Waals surface area contributed by atoms with Crippen LogP contribution in [0.4, 0.5) is 5.69 Å². The van der Waals surface area contributed by atoms with E-state index in [0.717, 1.165) is 11.1 Å². The Morgan fingerprint density at radius 3 is 2.39 bits per heavy atom. The van der Waals surface area contributed by atoms with Gasteiger partial charge in [0.25, 0.3) is 5.69 Å². The molecule has 0 radical (unpaired) electrons. The highest BCUT2D eigenvalue weighted by Crippen LogP contribution is 2.50. The fourth-order valence-corrected chi connectivity index (χ4v) is 3.14. The Morgan fingerprint density at radius 1 is 1.22 bits per heavy atom. The molecule has 0 spiro atoms. The van der Waals surface area contributed by atoms with Gasteiger partial charge in [0.1, 0.15) is 5.78 Å². The van der Waals surface area contributed by atoms with Gasteiger partial charge in [0.2, 0.25) is 0 Å². The summed E-state index contributed by atoms with van der Waals surface area (Å²) < 4.78 is 11.7. The molecule has 2 aromatic rings. The van der Waals surface area contributed by atoms with Crippen molar-refractivity contribution in [3.63, 3.8) is 0 Å². The van der Waals surface area contributed by atoms with Crippen LogP contribution in [0.15, 0.2) is 48.5 Å². The van der Waals surface area contributed by atoms with Crippen LogP contribution in [0.3, 0.4) is 0 Å². The standard InChI is InChI=1S/C15H17N2O5P/c1-11-3-2-4-12(9-11)10-16-15(23(20,21)22)13-5-7-14(8-6-13)17(18)19/h2-9,15-16H,10H2,1H3,(H2,20,21,22). The minimum absolute atomic E-state index is 0.128. The Labute approximate surface area is 133 Å². The molecule has 0 heterocycles. The number of nitro benzene ring substituents is 1. The number of non-ortho nitro benzene ring substituents is 1. The average molecular weight is 336 g/mol. The third kappa shape index (κ3) is 4.71. The largest absolute Gasteiger partial charge is 0.346 e. The third-order valence-corrected chi connectivity index (χ3v) is 4.49. The van der Waals surface area contributed by atoms with Gasteiger partial charge in [0.05, 0.1) is 4.92 Å². The third-order valence-electron chi connectivity index (χ3n) is 3.34. The number of nitrogens with zero attached hydrogens (tertiary/aromatic N) is 1. The predicted molar refractivity (Wildman–Crippen MR) is 85.9 cm³/mol. The van der Waals surface area contributed by atoms with E-state index >= 15 is 0 Å². The van der Waals surface area contributed by atoms with E-state index in [1.54, 1.807) is 0 Å². The predicted octanol–water partition coefficient (Wildman–Crippen LogP) is 2.87. The molecule has 0 aliphatic rings. The molecule has 2 aromatic carbocycles. The zero-order valence-electron chi connectivity index (χ0n) is 12.4. The van der Waals surface area contributed by atoms with Crippen molar-refractivity contribution in [2.45, 2.75) is 19.3 Å². The maximum absolute atomic E-state index is 11.7. The highest BCUT2D eigenvalue weighted by molar-refractivity contribution is 7.52. The summed E-state index contributed by atoms with van der Waals surface area (Å²) in [6, 6.07) is 12.7. The van der Waals surface area contributed by atoms with Crippen LogP contribution in [0.2, 0.25) is 0 Å². The van der Waals surface area contributed by atoms with Gasteiger partial charge in [0.15, 0.2) is 0 Å². The summed E-state index contributed by atoms with van der Waals surface area (Å²) in [4.78, 5) is 29.2. The molecule has 0 saturated carbocycles. The first-order chi connectivity index (χ1) is 10.8. The summed E-state index contributed by atoms with van der Waals surface area (Å²) in [5.74, 6) is -1.22. The van der Waals surface area contributed by atoms with Gasteiger partial charge in [-0.2, -0.15) is 0 Å². The Balaban J connectivity index is 2.20. The smallest absolute Gasteiger partial charge is 0.323 e. The fraction of sp³-hybridized carbons (Fsp3) is 0.200. The minimum Gasteiger partial charge on any atom is -0.323 e. The van der Waals surface area contributed by atoms with Crippen LogP contribution in [0.25, 0.3) is 0 Å². The van der Waals surface area contributed by atoms with E-state index in [9.17, 15) is 24.5 Å². The number of nitro groups is 1. The molecule has 0 aliphatic heterocycles. The van der Waals surface area contributed by atoms with E-state index in [-0.39, 0.29) is 12.2 Å². The van der Waals surface area contributed by atoms with Crippen molar-refractivity contribution in [3.8, 4) is 0 Å². The zero-order chi connectivity index (χ0) is 17.0. The highest BCUT2D eigenvalue weighted by Gasteiger charge is 2.30. The van der Waals surface area contributed by atoms with Crippen LogP contribution in [0.5, 0.6) is 0 Å². The second kappa shape index (κ2) is 7.02. The molecule has 23 heavy (non-hydrogen) atoms. The van der Waals surface area contributed by atoms with Gasteiger partial charge >= 0.3 is 7.60 Å². The van der Waals surface area contributed by atoms with Gasteiger partial charge in [-0.3, -0.25) is 20.0 Å². The molecule has 2 rings (SSSR count). The number of rotatable bonds is 6. The van der Waals surface area contributed by atoms with Gasteiger partial charge in [-0.15, -0.1) is 0 Å². The summed E-state index contributed by atoms with van der Waals surface area (Å²) in [5.41, 5.74) is 2.12. The van der Waals surface area contributed by atoms with E-state index in [1.807, 2.05) is 31.2 Å². The molecule has 1 unspecified atom stereocenters. The molecule has 122 valence electrons. The van der Waals surface area contributed by atoms with Gasteiger partial charge in [0, 0.05) is 18.7 Å². The summed E-state index contributed by atoms with van der Waals surface area (Å²) in [7, 11) is -4.47. The molecule has 0 saturated heterocycles. The van der Waals surface area contributed by atoms with Crippen molar-refractivity contribution in [1.29, 1.82) is 0 Å². The maximum atomic E-state index is 11.7. The molecule has 8 heteroatoms. The van der Waals surface area contributed by atoms with E-state index in [2.05, 4.69) is 5.32 Å². The summed E-state index contributed by atoms with van der Waals surface area (Å²) in [5, 5.41) is 13.5. The molecular formula is C15H17N2O5P. The van der Waals surface area contributed by atoms with Gasteiger partial charge in [-0.1, -0.05) is 29.8 Å². The van der Waals surface area contributed by atoms with Crippen LogP contribution < -0.4 is 5.32 Å². The van der Waals surface area contributed by atoms with Crippen molar-refractivity contribution >= 4 is 13.3 Å². The lowest BCUT2D eigenvalue weighted by Crippen LogP contribution is -2.21.